The molecule has 14 heavy (non-hydrogen) atoms. The Morgan fingerprint density at radius 1 is 1.79 bits per heavy atom. The summed E-state index contributed by atoms with van der Waals surface area (Å²) >= 11 is 0. The number of carbonyl (C=O) groups is 1. The highest BCUT2D eigenvalue weighted by Crippen LogP contribution is 2.38. The van der Waals surface area contributed by atoms with Gasteiger partial charge in [-0.25, -0.2) is 0 Å². The number of hydrogen-bond donors (Lipinski definition) is 1. The van der Waals surface area contributed by atoms with E-state index >= 15 is 0 Å². The van der Waals surface area contributed by atoms with Gasteiger partial charge in [0.05, 0.1) is 11.6 Å². The molecule has 4 heteroatoms. The molecule has 1 atom stereocenters. The van der Waals surface area contributed by atoms with Crippen LogP contribution in [0.2, 0.25) is 0 Å². The van der Waals surface area contributed by atoms with Crippen LogP contribution in [0, 0.1) is 18.8 Å². The second kappa shape index (κ2) is 3.44. The van der Waals surface area contributed by atoms with E-state index in [1.807, 2.05) is 6.92 Å². The molecule has 0 saturated heterocycles. The molecule has 1 aromatic rings. The van der Waals surface area contributed by atoms with Crippen molar-refractivity contribution in [1.82, 2.24) is 5.16 Å². The van der Waals surface area contributed by atoms with Gasteiger partial charge in [0, 0.05) is 12.5 Å². The summed E-state index contributed by atoms with van der Waals surface area (Å²) in [5.74, 6) is 0.0945. The number of aryl methyl sites for hydroxylation is 1. The van der Waals surface area contributed by atoms with Crippen molar-refractivity contribution in [3.63, 3.8) is 0 Å². The van der Waals surface area contributed by atoms with Crippen LogP contribution in [-0.4, -0.2) is 16.2 Å². The Morgan fingerprint density at radius 2 is 2.50 bits per heavy atom. The van der Waals surface area contributed by atoms with Crippen LogP contribution < -0.4 is 0 Å². The zero-order valence-electron chi connectivity index (χ0n) is 8.06. The molecule has 1 aromatic heterocycles. The minimum Gasteiger partial charge on any atom is -0.481 e. The van der Waals surface area contributed by atoms with Gasteiger partial charge in [0.2, 0.25) is 0 Å². The minimum atomic E-state index is -0.715. The first-order chi connectivity index (χ1) is 6.66. The number of rotatable bonds is 4. The molecule has 0 aliphatic heterocycles. The van der Waals surface area contributed by atoms with Crippen LogP contribution in [0.25, 0.3) is 0 Å². The molecule has 1 heterocycles. The van der Waals surface area contributed by atoms with Gasteiger partial charge in [0.25, 0.3) is 0 Å². The van der Waals surface area contributed by atoms with E-state index in [0.29, 0.717) is 12.3 Å². The molecule has 0 amide bonds. The zero-order chi connectivity index (χ0) is 10.1. The summed E-state index contributed by atoms with van der Waals surface area (Å²) in [7, 11) is 0. The third-order valence-electron chi connectivity index (χ3n) is 2.61. The van der Waals surface area contributed by atoms with Gasteiger partial charge in [0.15, 0.2) is 0 Å². The van der Waals surface area contributed by atoms with E-state index in [2.05, 4.69) is 5.16 Å². The van der Waals surface area contributed by atoms with Crippen LogP contribution in [0.15, 0.2) is 10.6 Å². The molecule has 1 saturated carbocycles. The lowest BCUT2D eigenvalue weighted by atomic mass is 9.98. The van der Waals surface area contributed by atoms with E-state index in [4.69, 9.17) is 9.63 Å². The van der Waals surface area contributed by atoms with Crippen molar-refractivity contribution in [2.75, 3.05) is 0 Å². The highest BCUT2D eigenvalue weighted by molar-refractivity contribution is 5.71. The lowest BCUT2D eigenvalue weighted by Crippen LogP contribution is -2.18. The Hall–Kier alpha value is -1.32. The van der Waals surface area contributed by atoms with E-state index in [0.717, 1.165) is 24.3 Å². The molecule has 1 aliphatic rings. The molecule has 0 radical (unpaired) electrons. The summed E-state index contributed by atoms with van der Waals surface area (Å²) in [6.45, 7) is 1.81. The highest BCUT2D eigenvalue weighted by atomic mass is 16.5. The molecule has 2 rings (SSSR count). The van der Waals surface area contributed by atoms with Crippen LogP contribution in [0.1, 0.15) is 24.3 Å². The molecule has 0 spiro atoms. The van der Waals surface area contributed by atoms with Crippen LogP contribution in [0.5, 0.6) is 0 Å². The maximum absolute atomic E-state index is 10.9. The van der Waals surface area contributed by atoms with E-state index in [1.54, 1.807) is 6.07 Å². The summed E-state index contributed by atoms with van der Waals surface area (Å²) in [6, 6.07) is 1.80. The molecule has 4 nitrogen and oxygen atoms in total. The van der Waals surface area contributed by atoms with Crippen molar-refractivity contribution in [3.05, 3.63) is 17.5 Å². The second-order valence-corrected chi connectivity index (χ2v) is 3.92. The summed E-state index contributed by atoms with van der Waals surface area (Å²) < 4.78 is 4.90. The predicted octanol–water partition coefficient (Wildman–Crippen LogP) is 1.64. The topological polar surface area (TPSA) is 63.3 Å². The molecule has 1 unspecified atom stereocenters. The van der Waals surface area contributed by atoms with Crippen molar-refractivity contribution in [1.29, 1.82) is 0 Å². The summed E-state index contributed by atoms with van der Waals surface area (Å²) in [5, 5.41) is 12.8. The first-order valence-electron chi connectivity index (χ1n) is 4.82. The number of carboxylic acids is 1. The van der Waals surface area contributed by atoms with Gasteiger partial charge in [0.1, 0.15) is 5.76 Å². The fourth-order valence-electron chi connectivity index (χ4n) is 1.69. The van der Waals surface area contributed by atoms with Crippen LogP contribution in [0.4, 0.5) is 0 Å². The summed E-state index contributed by atoms with van der Waals surface area (Å²) in [5.41, 5.74) is 0.752. The number of aromatic nitrogens is 1. The van der Waals surface area contributed by atoms with E-state index in [-0.39, 0.29) is 5.92 Å². The lowest BCUT2D eigenvalue weighted by Gasteiger charge is -2.07. The van der Waals surface area contributed by atoms with Crippen LogP contribution in [0.3, 0.4) is 0 Å². The number of aliphatic carboxylic acids is 1. The monoisotopic (exact) mass is 195 g/mol. The van der Waals surface area contributed by atoms with Gasteiger partial charge < -0.3 is 9.63 Å². The Kier molecular flexibility index (Phi) is 2.27. The highest BCUT2D eigenvalue weighted by Gasteiger charge is 2.36. The third kappa shape index (κ3) is 1.95. The van der Waals surface area contributed by atoms with Gasteiger partial charge in [-0.2, -0.15) is 0 Å². The van der Waals surface area contributed by atoms with Gasteiger partial charge in [-0.15, -0.1) is 0 Å². The molecular formula is C10H13NO3. The maximum Gasteiger partial charge on any atom is 0.307 e. The maximum atomic E-state index is 10.9. The molecule has 1 aliphatic carbocycles. The second-order valence-electron chi connectivity index (χ2n) is 3.92. The van der Waals surface area contributed by atoms with Gasteiger partial charge in [-0.05, 0) is 25.7 Å². The third-order valence-corrected chi connectivity index (χ3v) is 2.61. The Balaban J connectivity index is 2.03. The Bertz CT molecular complexity index is 341. The van der Waals surface area contributed by atoms with Crippen LogP contribution in [-0.2, 0) is 11.2 Å². The lowest BCUT2D eigenvalue weighted by molar-refractivity contribution is -0.142. The first-order valence-corrected chi connectivity index (χ1v) is 4.82. The fourth-order valence-corrected chi connectivity index (χ4v) is 1.69. The van der Waals surface area contributed by atoms with Crippen molar-refractivity contribution in [2.45, 2.75) is 26.2 Å². The normalized spacial score (nSPS) is 18.1. The van der Waals surface area contributed by atoms with Crippen LogP contribution >= 0.6 is 0 Å². The average molecular weight is 195 g/mol. The first kappa shape index (κ1) is 9.24. The summed E-state index contributed by atoms with van der Waals surface area (Å²) in [4.78, 5) is 10.9. The van der Waals surface area contributed by atoms with Crippen molar-refractivity contribution < 1.29 is 14.4 Å². The molecule has 1 N–H and O–H groups in total. The average Bonchev–Trinajstić information content (AvgIpc) is 2.86. The predicted molar refractivity (Wildman–Crippen MR) is 48.8 cm³/mol. The number of hydrogen-bond acceptors (Lipinski definition) is 3. The van der Waals surface area contributed by atoms with Crippen molar-refractivity contribution in [2.24, 2.45) is 11.8 Å². The molecule has 0 bridgehead atoms. The number of carboxylic acid groups (broad SMARTS) is 1. The van der Waals surface area contributed by atoms with E-state index in [1.165, 1.54) is 0 Å². The van der Waals surface area contributed by atoms with Crippen molar-refractivity contribution in [3.8, 4) is 0 Å². The molecule has 0 aromatic carbocycles. The SMILES string of the molecule is Cc1cc(CC(C(=O)O)C2CC2)no1. The minimum absolute atomic E-state index is 0.278. The molecular weight excluding hydrogens is 182 g/mol. The quantitative estimate of drug-likeness (QED) is 0.793. The molecule has 76 valence electrons. The van der Waals surface area contributed by atoms with E-state index in [9.17, 15) is 4.79 Å². The number of nitrogens with zero attached hydrogens (tertiary/aromatic N) is 1. The fraction of sp³-hybridized carbons (Fsp3) is 0.600. The molecule has 1 fully saturated rings. The van der Waals surface area contributed by atoms with E-state index < -0.39 is 5.97 Å². The van der Waals surface area contributed by atoms with Gasteiger partial charge in [-0.1, -0.05) is 5.16 Å². The Labute approximate surface area is 81.9 Å². The zero-order valence-corrected chi connectivity index (χ0v) is 8.06. The standard InChI is InChI=1S/C10H13NO3/c1-6-4-8(11-14-6)5-9(10(12)13)7-2-3-7/h4,7,9H,2-3,5H2,1H3,(H,12,13). The van der Waals surface area contributed by atoms with Gasteiger partial charge >= 0.3 is 5.97 Å². The smallest absolute Gasteiger partial charge is 0.307 e. The van der Waals surface area contributed by atoms with Gasteiger partial charge in [-0.3, -0.25) is 4.79 Å². The summed E-state index contributed by atoms with van der Waals surface area (Å²) in [6.07, 6.45) is 2.57. The Morgan fingerprint density at radius 3 is 2.93 bits per heavy atom. The largest absolute Gasteiger partial charge is 0.481 e. The van der Waals surface area contributed by atoms with Crippen molar-refractivity contribution >= 4 is 5.97 Å².